The lowest BCUT2D eigenvalue weighted by Crippen LogP contribution is -1.90. The Balaban J connectivity index is 2.07. The number of nitrogens with zero attached hydrogens (tertiary/aromatic N) is 3. The maximum atomic E-state index is 5.71. The highest BCUT2D eigenvalue weighted by Crippen LogP contribution is 2.19. The Morgan fingerprint density at radius 2 is 2.31 bits per heavy atom. The Morgan fingerprint density at radius 1 is 1.38 bits per heavy atom. The molecule has 0 aliphatic rings. The highest BCUT2D eigenvalue weighted by Gasteiger charge is 2.08. The summed E-state index contributed by atoms with van der Waals surface area (Å²) in [6, 6.07) is 1.88. The first-order valence-corrected chi connectivity index (χ1v) is 5.73. The van der Waals surface area contributed by atoms with Crippen LogP contribution in [0.1, 0.15) is 11.4 Å². The highest BCUT2D eigenvalue weighted by molar-refractivity contribution is 7.07. The topological polar surface area (TPSA) is 80.5 Å². The van der Waals surface area contributed by atoms with Gasteiger partial charge in [-0.15, -0.1) is 11.3 Å². The summed E-state index contributed by atoms with van der Waals surface area (Å²) in [7, 11) is 0. The molecule has 3 aromatic rings. The predicted octanol–water partition coefficient (Wildman–Crippen LogP) is 1.59. The van der Waals surface area contributed by atoms with E-state index in [1.165, 1.54) is 0 Å². The standard InChI is InChI=1S/C10H9N5S/c11-6-1-8-9(2-7-4-16-5-13-7)14-15-10(8)12-3-6/h1,3-5H,2,11H2,(H,12,14,15). The zero-order valence-corrected chi connectivity index (χ0v) is 9.16. The van der Waals surface area contributed by atoms with Crippen molar-refractivity contribution in [1.29, 1.82) is 0 Å². The summed E-state index contributed by atoms with van der Waals surface area (Å²) < 4.78 is 0. The SMILES string of the molecule is Nc1cnc2n[nH]c(Cc3cscn3)c2c1. The largest absolute Gasteiger partial charge is 0.397 e. The van der Waals surface area contributed by atoms with Gasteiger partial charge in [-0.05, 0) is 6.07 Å². The van der Waals surface area contributed by atoms with Crippen molar-refractivity contribution in [2.75, 3.05) is 5.73 Å². The summed E-state index contributed by atoms with van der Waals surface area (Å²) in [4.78, 5) is 8.38. The third-order valence-corrected chi connectivity index (χ3v) is 2.99. The Labute approximate surface area is 95.4 Å². The molecule has 3 heterocycles. The second kappa shape index (κ2) is 3.57. The quantitative estimate of drug-likeness (QED) is 0.701. The molecule has 0 saturated heterocycles. The molecule has 0 spiro atoms. The van der Waals surface area contributed by atoms with Crippen molar-refractivity contribution < 1.29 is 0 Å². The zero-order valence-electron chi connectivity index (χ0n) is 8.34. The van der Waals surface area contributed by atoms with Gasteiger partial charge >= 0.3 is 0 Å². The van der Waals surface area contributed by atoms with E-state index in [0.717, 1.165) is 23.2 Å². The normalized spacial score (nSPS) is 11.0. The fraction of sp³-hybridized carbons (Fsp3) is 0.100. The van der Waals surface area contributed by atoms with Crippen LogP contribution in [0.4, 0.5) is 5.69 Å². The van der Waals surface area contributed by atoms with E-state index < -0.39 is 0 Å². The van der Waals surface area contributed by atoms with Gasteiger partial charge in [-0.1, -0.05) is 0 Å². The number of hydrogen-bond donors (Lipinski definition) is 2. The number of anilines is 1. The first-order chi connectivity index (χ1) is 7.83. The van der Waals surface area contributed by atoms with Crippen LogP contribution < -0.4 is 5.73 Å². The predicted molar refractivity (Wildman–Crippen MR) is 63.2 cm³/mol. The average molecular weight is 231 g/mol. The molecule has 0 amide bonds. The van der Waals surface area contributed by atoms with Gasteiger partial charge in [0.2, 0.25) is 0 Å². The highest BCUT2D eigenvalue weighted by atomic mass is 32.1. The van der Waals surface area contributed by atoms with Gasteiger partial charge in [0.05, 0.1) is 28.8 Å². The second-order valence-corrected chi connectivity index (χ2v) is 4.22. The van der Waals surface area contributed by atoms with Gasteiger partial charge in [-0.3, -0.25) is 5.10 Å². The molecule has 3 N–H and O–H groups in total. The van der Waals surface area contributed by atoms with Crippen molar-refractivity contribution in [3.05, 3.63) is 34.5 Å². The van der Waals surface area contributed by atoms with E-state index in [1.807, 2.05) is 17.0 Å². The van der Waals surface area contributed by atoms with E-state index in [-0.39, 0.29) is 0 Å². The van der Waals surface area contributed by atoms with Crippen LogP contribution in [0.25, 0.3) is 11.0 Å². The number of aromatic amines is 1. The van der Waals surface area contributed by atoms with Crippen LogP contribution in [0.3, 0.4) is 0 Å². The van der Waals surface area contributed by atoms with Crippen LogP contribution in [0.2, 0.25) is 0 Å². The van der Waals surface area contributed by atoms with Crippen molar-refractivity contribution in [2.24, 2.45) is 0 Å². The Hall–Kier alpha value is -1.95. The molecule has 0 radical (unpaired) electrons. The van der Waals surface area contributed by atoms with Crippen LogP contribution in [-0.2, 0) is 6.42 Å². The van der Waals surface area contributed by atoms with Gasteiger partial charge in [0.25, 0.3) is 0 Å². The van der Waals surface area contributed by atoms with Gasteiger partial charge < -0.3 is 5.73 Å². The lowest BCUT2D eigenvalue weighted by molar-refractivity contribution is 0.985. The summed E-state index contributed by atoms with van der Waals surface area (Å²) >= 11 is 1.58. The smallest absolute Gasteiger partial charge is 0.181 e. The number of nitrogen functional groups attached to an aromatic ring is 1. The molecule has 0 atom stereocenters. The maximum Gasteiger partial charge on any atom is 0.181 e. The molecular weight excluding hydrogens is 222 g/mol. The number of thiazole rings is 1. The summed E-state index contributed by atoms with van der Waals surface area (Å²) in [5, 5.41) is 10.1. The third-order valence-electron chi connectivity index (χ3n) is 2.35. The first kappa shape index (κ1) is 9.29. The van der Waals surface area contributed by atoms with Crippen molar-refractivity contribution in [3.8, 4) is 0 Å². The van der Waals surface area contributed by atoms with Crippen molar-refractivity contribution >= 4 is 28.1 Å². The molecule has 0 aliphatic carbocycles. The molecule has 3 aromatic heterocycles. The van der Waals surface area contributed by atoms with Crippen LogP contribution in [0.15, 0.2) is 23.2 Å². The lowest BCUT2D eigenvalue weighted by Gasteiger charge is -1.95. The number of pyridine rings is 1. The van der Waals surface area contributed by atoms with Gasteiger partial charge in [-0.25, -0.2) is 9.97 Å². The minimum Gasteiger partial charge on any atom is -0.397 e. The first-order valence-electron chi connectivity index (χ1n) is 4.78. The Morgan fingerprint density at radius 3 is 3.12 bits per heavy atom. The van der Waals surface area contributed by atoms with E-state index >= 15 is 0 Å². The number of nitrogens with one attached hydrogen (secondary N) is 1. The molecule has 0 saturated carbocycles. The summed E-state index contributed by atoms with van der Waals surface area (Å²) in [5.74, 6) is 0. The molecule has 0 bridgehead atoms. The monoisotopic (exact) mass is 231 g/mol. The number of rotatable bonds is 2. The summed E-state index contributed by atoms with van der Waals surface area (Å²) in [5.41, 5.74) is 10.9. The van der Waals surface area contributed by atoms with Crippen LogP contribution in [0.5, 0.6) is 0 Å². The maximum absolute atomic E-state index is 5.71. The second-order valence-electron chi connectivity index (χ2n) is 3.50. The van der Waals surface area contributed by atoms with Crippen LogP contribution >= 0.6 is 11.3 Å². The molecule has 0 unspecified atom stereocenters. The average Bonchev–Trinajstić information content (AvgIpc) is 2.90. The number of H-pyrrole nitrogens is 1. The molecule has 80 valence electrons. The molecule has 16 heavy (non-hydrogen) atoms. The molecule has 0 aliphatic heterocycles. The minimum atomic E-state index is 0.647. The van der Waals surface area contributed by atoms with E-state index in [0.29, 0.717) is 11.3 Å². The van der Waals surface area contributed by atoms with Crippen LogP contribution in [-0.4, -0.2) is 20.2 Å². The van der Waals surface area contributed by atoms with Gasteiger partial charge in [0.1, 0.15) is 0 Å². The molecular formula is C10H9N5S. The van der Waals surface area contributed by atoms with Crippen molar-refractivity contribution in [3.63, 3.8) is 0 Å². The molecule has 3 rings (SSSR count). The summed E-state index contributed by atoms with van der Waals surface area (Å²) in [6.07, 6.45) is 2.33. The molecule has 6 heteroatoms. The van der Waals surface area contributed by atoms with E-state index in [2.05, 4.69) is 20.2 Å². The molecule has 0 aromatic carbocycles. The van der Waals surface area contributed by atoms with Crippen molar-refractivity contribution in [2.45, 2.75) is 6.42 Å². The zero-order chi connectivity index (χ0) is 11.0. The van der Waals surface area contributed by atoms with Crippen LogP contribution in [0, 0.1) is 0 Å². The number of fused-ring (bicyclic) bond motifs is 1. The fourth-order valence-corrected chi connectivity index (χ4v) is 2.16. The third kappa shape index (κ3) is 1.53. The minimum absolute atomic E-state index is 0.647. The number of nitrogens with two attached hydrogens (primary N) is 1. The van der Waals surface area contributed by atoms with E-state index in [1.54, 1.807) is 17.5 Å². The van der Waals surface area contributed by atoms with E-state index in [4.69, 9.17) is 5.73 Å². The Kier molecular flexibility index (Phi) is 2.07. The fourth-order valence-electron chi connectivity index (χ4n) is 1.61. The Bertz CT molecular complexity index is 613. The van der Waals surface area contributed by atoms with Crippen molar-refractivity contribution in [1.82, 2.24) is 20.2 Å². The number of aromatic nitrogens is 4. The molecule has 0 fully saturated rings. The van der Waals surface area contributed by atoms with Gasteiger partial charge in [-0.2, -0.15) is 5.10 Å². The van der Waals surface area contributed by atoms with E-state index in [9.17, 15) is 0 Å². The lowest BCUT2D eigenvalue weighted by atomic mass is 10.2. The molecule has 5 nitrogen and oxygen atoms in total. The summed E-state index contributed by atoms with van der Waals surface area (Å²) in [6.45, 7) is 0. The van der Waals surface area contributed by atoms with Gasteiger partial charge in [0.15, 0.2) is 5.65 Å². The number of hydrogen-bond acceptors (Lipinski definition) is 5. The van der Waals surface area contributed by atoms with Gasteiger partial charge in [0, 0.05) is 17.2 Å².